The van der Waals surface area contributed by atoms with E-state index in [1.165, 1.54) is 6.07 Å². The summed E-state index contributed by atoms with van der Waals surface area (Å²) >= 11 is 0. The van der Waals surface area contributed by atoms with Crippen molar-refractivity contribution in [3.63, 3.8) is 0 Å². The van der Waals surface area contributed by atoms with E-state index in [4.69, 9.17) is 0 Å². The molecule has 9 nitrogen and oxygen atoms in total. The Balaban J connectivity index is 2.60. The maximum Gasteiger partial charge on any atom is 0.336 e. The van der Waals surface area contributed by atoms with Gasteiger partial charge in [-0.25, -0.2) is 9.59 Å². The molecule has 0 fully saturated rings. The molecule has 0 aliphatic heterocycles. The van der Waals surface area contributed by atoms with Crippen molar-refractivity contribution in [3.8, 4) is 0 Å². The molecule has 0 aromatic heterocycles. The fourth-order valence-corrected chi connectivity index (χ4v) is 3.26. The van der Waals surface area contributed by atoms with Crippen LogP contribution in [-0.4, -0.2) is 50.1 Å². The maximum absolute atomic E-state index is 12.9. The number of ketones is 1. The van der Waals surface area contributed by atoms with Crippen LogP contribution in [0.15, 0.2) is 42.0 Å². The second-order valence-electron chi connectivity index (χ2n) is 5.79. The summed E-state index contributed by atoms with van der Waals surface area (Å²) in [5, 5.41) is 38.9. The quantitative estimate of drug-likeness (QED) is 0.576. The highest BCUT2D eigenvalue weighted by molar-refractivity contribution is 6.40. The molecule has 0 saturated carbocycles. The van der Waals surface area contributed by atoms with Crippen LogP contribution in [0, 0.1) is 5.41 Å². The van der Waals surface area contributed by atoms with Gasteiger partial charge in [0.15, 0.2) is 5.78 Å². The van der Waals surface area contributed by atoms with Gasteiger partial charge in [0.1, 0.15) is 0 Å². The topological polar surface area (TPSA) is 166 Å². The monoisotopic (exact) mass is 370 g/mol. The van der Waals surface area contributed by atoms with Gasteiger partial charge in [0, 0.05) is 11.1 Å². The first-order valence-corrected chi connectivity index (χ1v) is 7.40. The lowest BCUT2D eigenvalue weighted by molar-refractivity contribution is -0.160. The number of hydrogen-bond donors (Lipinski definition) is 4. The van der Waals surface area contributed by atoms with Crippen molar-refractivity contribution in [1.82, 2.24) is 0 Å². The fraction of sp³-hybridized carbons (Fsp3) is 0.0556. The van der Waals surface area contributed by atoms with E-state index in [0.717, 1.165) is 6.07 Å². The van der Waals surface area contributed by atoms with Gasteiger partial charge >= 0.3 is 23.9 Å². The first-order chi connectivity index (χ1) is 12.6. The molecule has 0 unspecified atom stereocenters. The second-order valence-corrected chi connectivity index (χ2v) is 5.79. The summed E-state index contributed by atoms with van der Waals surface area (Å²) in [4.78, 5) is 60.0. The number of carboxylic acid groups (broad SMARTS) is 4. The van der Waals surface area contributed by atoms with Crippen LogP contribution >= 0.6 is 0 Å². The summed E-state index contributed by atoms with van der Waals surface area (Å²) in [6.45, 7) is 0. The lowest BCUT2D eigenvalue weighted by Gasteiger charge is -2.31. The normalized spacial score (nSPS) is 15.3. The van der Waals surface area contributed by atoms with Crippen LogP contribution in [0.4, 0.5) is 0 Å². The van der Waals surface area contributed by atoms with Crippen LogP contribution in [0.1, 0.15) is 15.9 Å². The number of benzene rings is 2. The predicted octanol–water partition coefficient (Wildman–Crippen LogP) is 1.11. The zero-order valence-electron chi connectivity index (χ0n) is 13.3. The van der Waals surface area contributed by atoms with Gasteiger partial charge in [-0.15, -0.1) is 0 Å². The zero-order chi connectivity index (χ0) is 20.1. The molecular weight excluding hydrogens is 360 g/mol. The van der Waals surface area contributed by atoms with Gasteiger partial charge < -0.3 is 20.4 Å². The van der Waals surface area contributed by atoms with Crippen LogP contribution in [0.5, 0.6) is 0 Å². The van der Waals surface area contributed by atoms with E-state index in [-0.39, 0.29) is 5.56 Å². The van der Waals surface area contributed by atoms with Crippen LogP contribution in [0.2, 0.25) is 0 Å². The highest BCUT2D eigenvalue weighted by atomic mass is 16.4. The Bertz CT molecular complexity index is 1090. The summed E-state index contributed by atoms with van der Waals surface area (Å²) < 4.78 is 0. The Morgan fingerprint density at radius 3 is 1.63 bits per heavy atom. The number of aliphatic carboxylic acids is 4. The van der Waals surface area contributed by atoms with Crippen molar-refractivity contribution >= 4 is 46.0 Å². The third-order valence-corrected chi connectivity index (χ3v) is 4.43. The van der Waals surface area contributed by atoms with E-state index >= 15 is 0 Å². The van der Waals surface area contributed by atoms with E-state index in [1.54, 1.807) is 24.3 Å². The van der Waals surface area contributed by atoms with Crippen molar-refractivity contribution in [3.05, 3.63) is 53.1 Å². The van der Waals surface area contributed by atoms with Crippen molar-refractivity contribution in [2.24, 2.45) is 5.41 Å². The number of hydrogen-bond acceptors (Lipinski definition) is 5. The van der Waals surface area contributed by atoms with Gasteiger partial charge in [0.05, 0.1) is 11.1 Å². The number of carbonyl (C=O) groups excluding carboxylic acids is 1. The van der Waals surface area contributed by atoms with E-state index in [9.17, 15) is 44.4 Å². The van der Waals surface area contributed by atoms with Crippen LogP contribution < -0.4 is 0 Å². The van der Waals surface area contributed by atoms with E-state index in [1.807, 2.05) is 0 Å². The lowest BCUT2D eigenvalue weighted by atomic mass is 9.66. The Morgan fingerprint density at radius 2 is 1.22 bits per heavy atom. The molecule has 2 aromatic carbocycles. The molecule has 27 heavy (non-hydrogen) atoms. The highest BCUT2D eigenvalue weighted by Crippen LogP contribution is 2.45. The Morgan fingerprint density at radius 1 is 0.741 bits per heavy atom. The van der Waals surface area contributed by atoms with Gasteiger partial charge in [-0.1, -0.05) is 24.3 Å². The smallest absolute Gasteiger partial charge is 0.336 e. The first-order valence-electron chi connectivity index (χ1n) is 7.40. The molecular formula is C18H10O9. The van der Waals surface area contributed by atoms with Crippen molar-refractivity contribution in [2.45, 2.75) is 0 Å². The molecule has 3 rings (SSSR count). The highest BCUT2D eigenvalue weighted by Gasteiger charge is 2.63. The van der Waals surface area contributed by atoms with E-state index < -0.39 is 51.8 Å². The average Bonchev–Trinajstić information content (AvgIpc) is 2.59. The molecule has 9 heteroatoms. The number of rotatable bonds is 4. The summed E-state index contributed by atoms with van der Waals surface area (Å²) in [5.41, 5.74) is -6.97. The maximum atomic E-state index is 12.9. The molecule has 0 amide bonds. The molecule has 0 heterocycles. The van der Waals surface area contributed by atoms with Crippen LogP contribution in [0.3, 0.4) is 0 Å². The first kappa shape index (κ1) is 17.8. The van der Waals surface area contributed by atoms with Crippen LogP contribution in [-0.2, 0) is 19.2 Å². The van der Waals surface area contributed by atoms with Gasteiger partial charge in [-0.05, 0) is 22.9 Å². The molecule has 0 bridgehead atoms. The lowest BCUT2D eigenvalue weighted by Crippen LogP contribution is -2.52. The molecule has 0 saturated heterocycles. The van der Waals surface area contributed by atoms with Crippen molar-refractivity contribution < 1.29 is 44.4 Å². The average molecular weight is 370 g/mol. The Hall–Kier alpha value is -4.01. The van der Waals surface area contributed by atoms with Crippen molar-refractivity contribution in [1.29, 1.82) is 0 Å². The third-order valence-electron chi connectivity index (χ3n) is 4.43. The molecule has 2 aromatic rings. The summed E-state index contributed by atoms with van der Waals surface area (Å²) in [6, 6.07) is 8.76. The minimum atomic E-state index is -3.57. The van der Waals surface area contributed by atoms with Gasteiger partial charge in [-0.2, -0.15) is 0 Å². The minimum absolute atomic E-state index is 0.346. The van der Waals surface area contributed by atoms with E-state index in [2.05, 4.69) is 0 Å². The summed E-state index contributed by atoms with van der Waals surface area (Å²) in [7, 11) is 0. The minimum Gasteiger partial charge on any atom is -0.480 e. The summed E-state index contributed by atoms with van der Waals surface area (Å²) in [5.74, 6) is -10.1. The predicted molar refractivity (Wildman–Crippen MR) is 88.2 cm³/mol. The number of carboxylic acids is 4. The second kappa shape index (κ2) is 5.77. The molecule has 0 radical (unpaired) electrons. The fourth-order valence-electron chi connectivity index (χ4n) is 3.26. The Kier molecular flexibility index (Phi) is 3.80. The molecule has 0 spiro atoms. The number of carbonyl (C=O) groups is 5. The molecule has 1 aliphatic carbocycles. The van der Waals surface area contributed by atoms with Crippen molar-refractivity contribution in [2.75, 3.05) is 0 Å². The molecule has 0 atom stereocenters. The van der Waals surface area contributed by atoms with Gasteiger partial charge in [-0.3, -0.25) is 14.4 Å². The number of fused-ring (bicyclic) bond motifs is 2. The third kappa shape index (κ3) is 2.21. The van der Waals surface area contributed by atoms with E-state index in [0.29, 0.717) is 10.8 Å². The van der Waals surface area contributed by atoms with Gasteiger partial charge in [0.2, 0.25) is 0 Å². The molecule has 4 N–H and O–H groups in total. The largest absolute Gasteiger partial charge is 0.480 e. The number of Topliss-reactive ketones (excluding diaryl/α,β-unsaturated/α-hetero) is 1. The SMILES string of the molecule is O=C(O)C1=C(C(=O)O)C(C(=O)O)(C(=O)O)C(=O)c2cc3ccccc3cc21. The molecule has 136 valence electrons. The molecule has 1 aliphatic rings. The van der Waals surface area contributed by atoms with Gasteiger partial charge in [0.25, 0.3) is 5.41 Å². The summed E-state index contributed by atoms with van der Waals surface area (Å²) in [6.07, 6.45) is 0. The zero-order valence-corrected chi connectivity index (χ0v) is 13.3. The van der Waals surface area contributed by atoms with Crippen LogP contribution in [0.25, 0.3) is 16.3 Å². The Labute approximate surface area is 149 Å². The standard InChI is InChI=1S/C18H10O9/c19-13-10-6-8-4-2-1-3-7(8)5-9(10)11(14(20)21)12(15(22)23)18(13,16(24)25)17(26)27/h1-6H,(H,20,21)(H,22,23)(H,24,25)(H,26,27).